The van der Waals surface area contributed by atoms with E-state index < -0.39 is 17.7 Å². The van der Waals surface area contributed by atoms with Crippen molar-refractivity contribution in [3.63, 3.8) is 0 Å². The van der Waals surface area contributed by atoms with Gasteiger partial charge in [0.05, 0.1) is 10.6 Å². The molecule has 1 unspecified atom stereocenters. The van der Waals surface area contributed by atoms with Gasteiger partial charge < -0.3 is 5.11 Å². The van der Waals surface area contributed by atoms with Gasteiger partial charge in [-0.1, -0.05) is 0 Å². The summed E-state index contributed by atoms with van der Waals surface area (Å²) in [4.78, 5) is 0. The largest absolute Gasteiger partial charge is 0.393 e. The Bertz CT molecular complexity index is 289. The van der Waals surface area contributed by atoms with Crippen molar-refractivity contribution in [1.82, 2.24) is 0 Å². The molecule has 1 aromatic carbocycles. The van der Waals surface area contributed by atoms with E-state index in [2.05, 4.69) is 15.9 Å². The lowest BCUT2D eigenvalue weighted by Gasteiger charge is -2.05. The maximum Gasteiger partial charge on any atom is 0.172 e. The van der Waals surface area contributed by atoms with E-state index in [1.807, 2.05) is 0 Å². The molecule has 4 heteroatoms. The molecule has 1 N–H and O–H groups in total. The molecule has 0 saturated carbocycles. The summed E-state index contributed by atoms with van der Waals surface area (Å²) < 4.78 is 25.7. The van der Waals surface area contributed by atoms with Crippen molar-refractivity contribution in [3.8, 4) is 0 Å². The molecular formula is C9H9BrF2O. The fourth-order valence-electron chi connectivity index (χ4n) is 1.07. The van der Waals surface area contributed by atoms with Gasteiger partial charge in [0.25, 0.3) is 0 Å². The second kappa shape index (κ2) is 4.15. The summed E-state index contributed by atoms with van der Waals surface area (Å²) in [5, 5.41) is 9.03. The Morgan fingerprint density at radius 3 is 2.54 bits per heavy atom. The minimum atomic E-state index is -0.898. The minimum absolute atomic E-state index is 0.0863. The molecular weight excluding hydrogens is 242 g/mol. The van der Waals surface area contributed by atoms with Gasteiger partial charge in [-0.25, -0.2) is 8.78 Å². The van der Waals surface area contributed by atoms with Crippen LogP contribution in [0.3, 0.4) is 0 Å². The first-order valence-corrected chi connectivity index (χ1v) is 4.61. The van der Waals surface area contributed by atoms with Gasteiger partial charge in [-0.15, -0.1) is 0 Å². The Morgan fingerprint density at radius 1 is 1.46 bits per heavy atom. The monoisotopic (exact) mass is 250 g/mol. The van der Waals surface area contributed by atoms with Crippen LogP contribution >= 0.6 is 15.9 Å². The molecule has 0 radical (unpaired) electrons. The van der Waals surface area contributed by atoms with Crippen LogP contribution in [0.15, 0.2) is 16.6 Å². The van der Waals surface area contributed by atoms with Crippen LogP contribution in [-0.4, -0.2) is 11.2 Å². The zero-order chi connectivity index (χ0) is 10.0. The lowest BCUT2D eigenvalue weighted by Crippen LogP contribution is -2.05. The normalized spacial score (nSPS) is 13.0. The average molecular weight is 251 g/mol. The van der Waals surface area contributed by atoms with E-state index >= 15 is 0 Å². The first kappa shape index (κ1) is 10.6. The predicted octanol–water partition coefficient (Wildman–Crippen LogP) is 2.65. The zero-order valence-electron chi connectivity index (χ0n) is 7.02. The Labute approximate surface area is 83.5 Å². The highest BCUT2D eigenvalue weighted by atomic mass is 79.9. The maximum absolute atomic E-state index is 12.8. The summed E-state index contributed by atoms with van der Waals surface area (Å²) >= 11 is 2.89. The molecule has 0 aromatic heterocycles. The SMILES string of the molecule is CC(O)Cc1cc(F)c(F)c(Br)c1. The molecule has 0 fully saturated rings. The molecule has 72 valence electrons. The number of hydrogen-bond acceptors (Lipinski definition) is 1. The fourth-order valence-corrected chi connectivity index (χ4v) is 1.55. The smallest absolute Gasteiger partial charge is 0.172 e. The lowest BCUT2D eigenvalue weighted by molar-refractivity contribution is 0.195. The Kier molecular flexibility index (Phi) is 3.39. The van der Waals surface area contributed by atoms with Crippen molar-refractivity contribution in [1.29, 1.82) is 0 Å². The molecule has 1 rings (SSSR count). The molecule has 0 aliphatic carbocycles. The molecule has 0 aliphatic heterocycles. The summed E-state index contributed by atoms with van der Waals surface area (Å²) in [5.74, 6) is -1.79. The topological polar surface area (TPSA) is 20.2 Å². The van der Waals surface area contributed by atoms with Gasteiger partial charge in [-0.05, 0) is 47.0 Å². The van der Waals surface area contributed by atoms with E-state index in [0.29, 0.717) is 12.0 Å². The molecule has 0 amide bonds. The van der Waals surface area contributed by atoms with E-state index in [9.17, 15) is 8.78 Å². The molecule has 1 atom stereocenters. The van der Waals surface area contributed by atoms with Crippen LogP contribution in [0.1, 0.15) is 12.5 Å². The quantitative estimate of drug-likeness (QED) is 0.801. The third-order valence-corrected chi connectivity index (χ3v) is 2.15. The predicted molar refractivity (Wildman–Crippen MR) is 49.4 cm³/mol. The van der Waals surface area contributed by atoms with E-state index in [0.717, 1.165) is 6.07 Å². The van der Waals surface area contributed by atoms with Gasteiger partial charge >= 0.3 is 0 Å². The first-order valence-electron chi connectivity index (χ1n) is 3.82. The summed E-state index contributed by atoms with van der Waals surface area (Å²) in [6.07, 6.45) is -0.243. The molecule has 0 bridgehead atoms. The zero-order valence-corrected chi connectivity index (χ0v) is 8.61. The van der Waals surface area contributed by atoms with Crippen LogP contribution in [-0.2, 0) is 6.42 Å². The van der Waals surface area contributed by atoms with Crippen LogP contribution in [0, 0.1) is 11.6 Å². The number of aliphatic hydroxyl groups is 1. The third kappa shape index (κ3) is 2.74. The highest BCUT2D eigenvalue weighted by molar-refractivity contribution is 9.10. The van der Waals surface area contributed by atoms with Crippen molar-refractivity contribution < 1.29 is 13.9 Å². The standard InChI is InChI=1S/C9H9BrF2O/c1-5(13)2-6-3-7(10)9(12)8(11)4-6/h3-5,13H,2H2,1H3. The van der Waals surface area contributed by atoms with E-state index in [1.54, 1.807) is 6.92 Å². The van der Waals surface area contributed by atoms with Crippen molar-refractivity contribution in [2.24, 2.45) is 0 Å². The van der Waals surface area contributed by atoms with Crippen LogP contribution in [0.5, 0.6) is 0 Å². The number of hydrogen-bond donors (Lipinski definition) is 1. The Hall–Kier alpha value is -0.480. The highest BCUT2D eigenvalue weighted by Crippen LogP contribution is 2.21. The fraction of sp³-hybridized carbons (Fsp3) is 0.333. The van der Waals surface area contributed by atoms with Crippen LogP contribution < -0.4 is 0 Å². The molecule has 0 saturated heterocycles. The summed E-state index contributed by atoms with van der Waals surface area (Å²) in [5.41, 5.74) is 0.570. The number of rotatable bonds is 2. The van der Waals surface area contributed by atoms with Crippen LogP contribution in [0.4, 0.5) is 8.78 Å². The van der Waals surface area contributed by atoms with Crippen molar-refractivity contribution >= 4 is 15.9 Å². The van der Waals surface area contributed by atoms with Crippen molar-refractivity contribution in [2.45, 2.75) is 19.4 Å². The van der Waals surface area contributed by atoms with Gasteiger partial charge in [0, 0.05) is 0 Å². The van der Waals surface area contributed by atoms with Gasteiger partial charge in [-0.2, -0.15) is 0 Å². The summed E-state index contributed by atoms with van der Waals surface area (Å²) in [6.45, 7) is 1.59. The van der Waals surface area contributed by atoms with E-state index in [1.165, 1.54) is 6.07 Å². The molecule has 13 heavy (non-hydrogen) atoms. The molecule has 1 nitrogen and oxygen atoms in total. The van der Waals surface area contributed by atoms with Crippen molar-refractivity contribution in [2.75, 3.05) is 0 Å². The Balaban J connectivity index is 2.99. The van der Waals surface area contributed by atoms with Gasteiger partial charge in [0.15, 0.2) is 11.6 Å². The minimum Gasteiger partial charge on any atom is -0.393 e. The molecule has 1 aromatic rings. The lowest BCUT2D eigenvalue weighted by atomic mass is 10.1. The molecule has 0 aliphatic rings. The highest BCUT2D eigenvalue weighted by Gasteiger charge is 2.09. The van der Waals surface area contributed by atoms with E-state index in [4.69, 9.17) is 5.11 Å². The van der Waals surface area contributed by atoms with Crippen molar-refractivity contribution in [3.05, 3.63) is 33.8 Å². The number of aliphatic hydroxyl groups excluding tert-OH is 1. The average Bonchev–Trinajstić information content (AvgIpc) is 1.98. The first-order chi connectivity index (χ1) is 6.00. The molecule has 0 spiro atoms. The summed E-state index contributed by atoms with van der Waals surface area (Å²) in [7, 11) is 0. The van der Waals surface area contributed by atoms with Gasteiger partial charge in [0.2, 0.25) is 0 Å². The molecule has 0 heterocycles. The third-order valence-electron chi connectivity index (χ3n) is 1.57. The van der Waals surface area contributed by atoms with E-state index in [-0.39, 0.29) is 4.47 Å². The number of halogens is 3. The van der Waals surface area contributed by atoms with Gasteiger partial charge in [0.1, 0.15) is 0 Å². The second-order valence-electron chi connectivity index (χ2n) is 2.93. The Morgan fingerprint density at radius 2 is 2.08 bits per heavy atom. The van der Waals surface area contributed by atoms with Crippen LogP contribution in [0.25, 0.3) is 0 Å². The van der Waals surface area contributed by atoms with Gasteiger partial charge in [-0.3, -0.25) is 0 Å². The van der Waals surface area contributed by atoms with Crippen LogP contribution in [0.2, 0.25) is 0 Å². The maximum atomic E-state index is 12.8. The number of benzene rings is 1. The second-order valence-corrected chi connectivity index (χ2v) is 3.78. The summed E-state index contributed by atoms with van der Waals surface area (Å²) in [6, 6.07) is 2.55.